The molecule has 0 radical (unpaired) electrons. The second-order valence-corrected chi connectivity index (χ2v) is 5.85. The Morgan fingerprint density at radius 2 is 1.45 bits per heavy atom. The summed E-state index contributed by atoms with van der Waals surface area (Å²) in [7, 11) is 0. The van der Waals surface area contributed by atoms with Gasteiger partial charge in [-0.2, -0.15) is 0 Å². The third kappa shape index (κ3) is 1.31. The highest BCUT2D eigenvalue weighted by molar-refractivity contribution is 5.92. The van der Waals surface area contributed by atoms with Crippen LogP contribution in [0.3, 0.4) is 0 Å². The van der Waals surface area contributed by atoms with Crippen molar-refractivity contribution < 1.29 is 0 Å². The van der Waals surface area contributed by atoms with Crippen molar-refractivity contribution in [1.29, 1.82) is 0 Å². The zero-order valence-corrected chi connectivity index (χ0v) is 11.2. The molecular weight excluding hydrogens is 240 g/mol. The molecule has 2 aliphatic rings. The molecule has 3 aromatic rings. The predicted octanol–water partition coefficient (Wildman–Crippen LogP) is 4.98. The SMILES string of the molecule is C1=Cc2cc3c(cc2C1)Cc1cc2ccccc2cc1-3. The first-order valence-corrected chi connectivity index (χ1v) is 7.23. The molecule has 0 heterocycles. The lowest BCUT2D eigenvalue weighted by atomic mass is 9.98. The summed E-state index contributed by atoms with van der Waals surface area (Å²) >= 11 is 0. The van der Waals surface area contributed by atoms with E-state index < -0.39 is 0 Å². The molecule has 0 nitrogen and oxygen atoms in total. The summed E-state index contributed by atoms with van der Waals surface area (Å²) in [6.07, 6.45) is 6.71. The molecule has 0 saturated carbocycles. The fraction of sp³-hybridized carbons (Fsp3) is 0.100. The summed E-state index contributed by atoms with van der Waals surface area (Å²) in [5.74, 6) is 0. The van der Waals surface area contributed by atoms with E-state index in [1.807, 2.05) is 0 Å². The summed E-state index contributed by atoms with van der Waals surface area (Å²) in [6, 6.07) is 18.2. The monoisotopic (exact) mass is 254 g/mol. The normalized spacial score (nSPS) is 14.4. The zero-order valence-electron chi connectivity index (χ0n) is 11.2. The van der Waals surface area contributed by atoms with E-state index in [1.165, 1.54) is 44.2 Å². The predicted molar refractivity (Wildman–Crippen MR) is 84.9 cm³/mol. The van der Waals surface area contributed by atoms with Crippen LogP contribution in [0.5, 0.6) is 0 Å². The molecule has 0 N–H and O–H groups in total. The summed E-state index contributed by atoms with van der Waals surface area (Å²) in [6.45, 7) is 0. The number of benzene rings is 3. The van der Waals surface area contributed by atoms with Crippen LogP contribution in [0, 0.1) is 0 Å². The average Bonchev–Trinajstić information content (AvgIpc) is 3.05. The van der Waals surface area contributed by atoms with Gasteiger partial charge in [0.05, 0.1) is 0 Å². The van der Waals surface area contributed by atoms with Crippen LogP contribution in [0.25, 0.3) is 28.0 Å². The van der Waals surface area contributed by atoms with Crippen LogP contribution in [0.2, 0.25) is 0 Å². The van der Waals surface area contributed by atoms with Crippen molar-refractivity contribution >= 4 is 16.8 Å². The van der Waals surface area contributed by atoms with Gasteiger partial charge in [0.1, 0.15) is 0 Å². The van der Waals surface area contributed by atoms with Crippen molar-refractivity contribution in [2.75, 3.05) is 0 Å². The topological polar surface area (TPSA) is 0 Å². The van der Waals surface area contributed by atoms with Crippen LogP contribution in [0.15, 0.2) is 54.6 Å². The van der Waals surface area contributed by atoms with Crippen molar-refractivity contribution in [1.82, 2.24) is 0 Å². The summed E-state index contributed by atoms with van der Waals surface area (Å²) in [4.78, 5) is 0. The maximum absolute atomic E-state index is 2.41. The van der Waals surface area contributed by atoms with Crippen LogP contribution in [0.4, 0.5) is 0 Å². The third-order valence-electron chi connectivity index (χ3n) is 4.64. The molecule has 94 valence electrons. The average molecular weight is 254 g/mol. The van der Waals surface area contributed by atoms with E-state index in [2.05, 4.69) is 60.7 Å². The van der Waals surface area contributed by atoms with Gasteiger partial charge < -0.3 is 0 Å². The maximum atomic E-state index is 2.41. The van der Waals surface area contributed by atoms with Gasteiger partial charge in [0.25, 0.3) is 0 Å². The number of hydrogen-bond acceptors (Lipinski definition) is 0. The van der Waals surface area contributed by atoms with Crippen molar-refractivity contribution in [2.24, 2.45) is 0 Å². The molecule has 3 aromatic carbocycles. The minimum Gasteiger partial charge on any atom is -0.0795 e. The Kier molecular flexibility index (Phi) is 1.88. The van der Waals surface area contributed by atoms with Crippen LogP contribution in [0.1, 0.15) is 22.3 Å². The van der Waals surface area contributed by atoms with E-state index in [-0.39, 0.29) is 0 Å². The fourth-order valence-corrected chi connectivity index (χ4v) is 3.64. The molecule has 20 heavy (non-hydrogen) atoms. The summed E-state index contributed by atoms with van der Waals surface area (Å²) in [5.41, 5.74) is 8.74. The largest absolute Gasteiger partial charge is 0.0795 e. The lowest BCUT2D eigenvalue weighted by molar-refractivity contribution is 1.23. The lowest BCUT2D eigenvalue weighted by Crippen LogP contribution is -1.87. The number of rotatable bonds is 0. The van der Waals surface area contributed by atoms with Gasteiger partial charge in [0.2, 0.25) is 0 Å². The van der Waals surface area contributed by atoms with Gasteiger partial charge in [-0.05, 0) is 69.1 Å². The molecule has 0 unspecified atom stereocenters. The molecule has 0 aliphatic heterocycles. The van der Waals surface area contributed by atoms with Crippen LogP contribution < -0.4 is 0 Å². The van der Waals surface area contributed by atoms with Crippen molar-refractivity contribution in [3.8, 4) is 11.1 Å². The van der Waals surface area contributed by atoms with Crippen LogP contribution in [-0.4, -0.2) is 0 Å². The van der Waals surface area contributed by atoms with Gasteiger partial charge in [-0.15, -0.1) is 0 Å². The lowest BCUT2D eigenvalue weighted by Gasteiger charge is -2.06. The molecule has 2 aliphatic carbocycles. The quantitative estimate of drug-likeness (QED) is 0.415. The van der Waals surface area contributed by atoms with E-state index in [9.17, 15) is 0 Å². The minimum absolute atomic E-state index is 1.09. The van der Waals surface area contributed by atoms with Crippen LogP contribution >= 0.6 is 0 Å². The molecule has 5 rings (SSSR count). The molecule has 0 saturated heterocycles. The van der Waals surface area contributed by atoms with Crippen molar-refractivity contribution in [3.63, 3.8) is 0 Å². The van der Waals surface area contributed by atoms with Gasteiger partial charge in [0, 0.05) is 0 Å². The summed E-state index contributed by atoms with van der Waals surface area (Å²) < 4.78 is 0. The van der Waals surface area contributed by atoms with Crippen molar-refractivity contribution in [2.45, 2.75) is 12.8 Å². The van der Waals surface area contributed by atoms with Crippen LogP contribution in [-0.2, 0) is 12.8 Å². The molecule has 0 amide bonds. The second-order valence-electron chi connectivity index (χ2n) is 5.85. The maximum Gasteiger partial charge on any atom is -0.00131 e. The van der Waals surface area contributed by atoms with Gasteiger partial charge in [-0.1, -0.05) is 48.6 Å². The molecule has 0 spiro atoms. The number of hydrogen-bond donors (Lipinski definition) is 0. The highest BCUT2D eigenvalue weighted by atomic mass is 14.2. The van der Waals surface area contributed by atoms with Gasteiger partial charge in [-0.3, -0.25) is 0 Å². The Balaban J connectivity index is 1.81. The van der Waals surface area contributed by atoms with E-state index >= 15 is 0 Å². The van der Waals surface area contributed by atoms with Gasteiger partial charge in [-0.25, -0.2) is 0 Å². The minimum atomic E-state index is 1.09. The Labute approximate surface area is 118 Å². The van der Waals surface area contributed by atoms with Gasteiger partial charge >= 0.3 is 0 Å². The Morgan fingerprint density at radius 3 is 2.35 bits per heavy atom. The van der Waals surface area contributed by atoms with Gasteiger partial charge in [0.15, 0.2) is 0 Å². The second kappa shape index (κ2) is 3.61. The van der Waals surface area contributed by atoms with E-state index in [0.29, 0.717) is 0 Å². The highest BCUT2D eigenvalue weighted by Gasteiger charge is 2.21. The first-order valence-electron chi connectivity index (χ1n) is 7.23. The first kappa shape index (κ1) is 10.4. The molecule has 0 aromatic heterocycles. The first-order chi connectivity index (χ1) is 9.88. The molecule has 0 heteroatoms. The third-order valence-corrected chi connectivity index (χ3v) is 4.64. The van der Waals surface area contributed by atoms with Crippen molar-refractivity contribution in [3.05, 3.63) is 76.9 Å². The molecular formula is C20H14. The Morgan fingerprint density at radius 1 is 0.700 bits per heavy atom. The number of fused-ring (bicyclic) bond motifs is 5. The Hall–Kier alpha value is -2.34. The molecule has 0 bridgehead atoms. The standard InChI is InChI=1S/C20H14/c1-2-5-15-11-19-17(8-13(15)4-1)10-18-9-14-6-3-7-16(14)12-20(18)19/h1-5,7-9,11-12H,6,10H2. The zero-order chi connectivity index (χ0) is 13.1. The molecule has 0 atom stereocenters. The highest BCUT2D eigenvalue weighted by Crippen LogP contribution is 2.41. The Bertz CT molecular complexity index is 897. The smallest absolute Gasteiger partial charge is 0.00131 e. The van der Waals surface area contributed by atoms with E-state index in [1.54, 1.807) is 0 Å². The summed E-state index contributed by atoms with van der Waals surface area (Å²) in [5, 5.41) is 2.70. The number of allylic oxidation sites excluding steroid dienone is 1. The van der Waals surface area contributed by atoms with E-state index in [0.717, 1.165) is 12.8 Å². The fourth-order valence-electron chi connectivity index (χ4n) is 3.64. The van der Waals surface area contributed by atoms with E-state index in [4.69, 9.17) is 0 Å². The molecule has 0 fully saturated rings.